The number of rotatable bonds is 8. The second kappa shape index (κ2) is 7.61. The van der Waals surface area contributed by atoms with Gasteiger partial charge in [0.15, 0.2) is 5.75 Å². The molecule has 104 valence electrons. The lowest BCUT2D eigenvalue weighted by Crippen LogP contribution is -2.40. The predicted octanol–water partition coefficient (Wildman–Crippen LogP) is -2.33. The monoisotopic (exact) mass is 282 g/mol. The Morgan fingerprint density at radius 2 is 1.83 bits per heavy atom. The van der Waals surface area contributed by atoms with Gasteiger partial charge in [-0.15, -0.1) is 0 Å². The van der Waals surface area contributed by atoms with Crippen LogP contribution >= 0.6 is 0 Å². The molecule has 0 spiro atoms. The second-order valence-electron chi connectivity index (χ2n) is 3.06. The number of carboxylic acids is 1. The highest BCUT2D eigenvalue weighted by Gasteiger charge is 2.18. The normalized spacial score (nSPS) is 10.7. The third-order valence-electron chi connectivity index (χ3n) is 1.50. The summed E-state index contributed by atoms with van der Waals surface area (Å²) in [5.74, 6) is -3.90. The van der Waals surface area contributed by atoms with Crippen LogP contribution in [0.3, 0.4) is 0 Å². The number of nitrogens with one attached hydrogen (secondary N) is 2. The molecule has 0 aliphatic carbocycles. The van der Waals surface area contributed by atoms with Crippen molar-refractivity contribution in [2.24, 2.45) is 0 Å². The molecule has 18 heavy (non-hydrogen) atoms. The Bertz CT molecular complexity index is 417. The van der Waals surface area contributed by atoms with Gasteiger partial charge in [0.25, 0.3) is 0 Å². The first-order chi connectivity index (χ1) is 8.26. The van der Waals surface area contributed by atoms with Gasteiger partial charge in [0.1, 0.15) is 6.54 Å². The van der Waals surface area contributed by atoms with Crippen LogP contribution in [0, 0.1) is 0 Å². The maximum atomic E-state index is 11.3. The maximum Gasteiger partial charge on any atom is 0.322 e. The van der Waals surface area contributed by atoms with E-state index in [0.717, 1.165) is 0 Å². The zero-order chi connectivity index (χ0) is 14.2. The molecule has 0 saturated carbocycles. The van der Waals surface area contributed by atoms with Crippen LogP contribution in [0.4, 0.5) is 0 Å². The highest BCUT2D eigenvalue weighted by Crippen LogP contribution is 1.87. The summed E-state index contributed by atoms with van der Waals surface area (Å²) in [5, 5.41) is 10.2. The van der Waals surface area contributed by atoms with E-state index in [4.69, 9.17) is 5.11 Å². The van der Waals surface area contributed by atoms with Crippen LogP contribution in [0.15, 0.2) is 0 Å². The van der Waals surface area contributed by atoms with Gasteiger partial charge in [-0.05, 0) is 6.92 Å². The van der Waals surface area contributed by atoms with Gasteiger partial charge < -0.3 is 15.2 Å². The van der Waals surface area contributed by atoms with Gasteiger partial charge in [0, 0.05) is 0 Å². The van der Waals surface area contributed by atoms with E-state index in [1.165, 1.54) is 6.92 Å². The predicted molar refractivity (Wildman–Crippen MR) is 59.1 cm³/mol. The smallest absolute Gasteiger partial charge is 0.322 e. The molecule has 0 aromatic carbocycles. The Balaban J connectivity index is 4.07. The molecule has 0 heterocycles. The molecule has 0 radical (unpaired) electrons. The molecule has 0 aliphatic heterocycles. The Morgan fingerprint density at radius 3 is 2.33 bits per heavy atom. The standard InChI is InChI=1S/C8H14N2O7S/c1-2-17-8(14)5-18(15,16)10-3-6(11)9-4-7(12)13/h10H,2-5H2,1H3,(H,9,11)(H,12,13). The summed E-state index contributed by atoms with van der Waals surface area (Å²) >= 11 is 0. The molecule has 0 aromatic rings. The van der Waals surface area contributed by atoms with Gasteiger partial charge in [-0.3, -0.25) is 14.4 Å². The zero-order valence-electron chi connectivity index (χ0n) is 9.63. The largest absolute Gasteiger partial charge is 0.480 e. The molecule has 0 fully saturated rings. The average Bonchev–Trinajstić information content (AvgIpc) is 2.23. The molecular formula is C8H14N2O7S. The van der Waals surface area contributed by atoms with Crippen LogP contribution < -0.4 is 10.0 Å². The summed E-state index contributed by atoms with van der Waals surface area (Å²) in [6.45, 7) is 0.318. The summed E-state index contributed by atoms with van der Waals surface area (Å²) in [4.78, 5) is 32.0. The third-order valence-corrected chi connectivity index (χ3v) is 2.70. The van der Waals surface area contributed by atoms with E-state index >= 15 is 0 Å². The van der Waals surface area contributed by atoms with Crippen molar-refractivity contribution in [2.75, 3.05) is 25.4 Å². The number of carbonyl (C=O) groups excluding carboxylic acids is 2. The number of aliphatic carboxylic acids is 1. The number of carboxylic acid groups (broad SMARTS) is 1. The van der Waals surface area contributed by atoms with E-state index in [1.54, 1.807) is 0 Å². The molecule has 0 saturated heterocycles. The van der Waals surface area contributed by atoms with Crippen molar-refractivity contribution in [3.05, 3.63) is 0 Å². The molecule has 10 heteroatoms. The van der Waals surface area contributed by atoms with Gasteiger partial charge in [-0.1, -0.05) is 0 Å². The number of esters is 1. The summed E-state index contributed by atoms with van der Waals surface area (Å²) in [6, 6.07) is 0. The van der Waals surface area contributed by atoms with E-state index in [1.807, 2.05) is 10.0 Å². The fraction of sp³-hybridized carbons (Fsp3) is 0.625. The molecule has 0 bridgehead atoms. The lowest BCUT2D eigenvalue weighted by Gasteiger charge is -2.06. The summed E-state index contributed by atoms with van der Waals surface area (Å²) in [6.07, 6.45) is 0. The topological polar surface area (TPSA) is 139 Å². The average molecular weight is 282 g/mol. The number of hydrogen-bond acceptors (Lipinski definition) is 6. The third kappa shape index (κ3) is 8.47. The van der Waals surface area contributed by atoms with Crippen LogP contribution in [0.5, 0.6) is 0 Å². The van der Waals surface area contributed by atoms with Crippen molar-refractivity contribution in [1.82, 2.24) is 10.0 Å². The number of hydrogen-bond donors (Lipinski definition) is 3. The minimum Gasteiger partial charge on any atom is -0.480 e. The minimum absolute atomic E-state index is 0.0491. The molecule has 0 atom stereocenters. The van der Waals surface area contributed by atoms with E-state index in [9.17, 15) is 22.8 Å². The number of amides is 1. The van der Waals surface area contributed by atoms with Gasteiger partial charge in [-0.25, -0.2) is 13.1 Å². The van der Waals surface area contributed by atoms with Crippen LogP contribution in [0.1, 0.15) is 6.92 Å². The van der Waals surface area contributed by atoms with Crippen LogP contribution in [0.2, 0.25) is 0 Å². The molecule has 9 nitrogen and oxygen atoms in total. The number of sulfonamides is 1. The Kier molecular flexibility index (Phi) is 6.90. The van der Waals surface area contributed by atoms with Gasteiger partial charge in [0.2, 0.25) is 15.9 Å². The van der Waals surface area contributed by atoms with E-state index in [-0.39, 0.29) is 6.61 Å². The Morgan fingerprint density at radius 1 is 1.22 bits per heavy atom. The lowest BCUT2D eigenvalue weighted by atomic mass is 10.5. The zero-order valence-corrected chi connectivity index (χ0v) is 10.4. The van der Waals surface area contributed by atoms with Crippen molar-refractivity contribution in [2.45, 2.75) is 6.92 Å². The van der Waals surface area contributed by atoms with E-state index in [0.29, 0.717) is 0 Å². The SMILES string of the molecule is CCOC(=O)CS(=O)(=O)NCC(=O)NCC(=O)O. The Labute approximate surface area is 104 Å². The molecule has 1 amide bonds. The van der Waals surface area contributed by atoms with Crippen molar-refractivity contribution in [3.63, 3.8) is 0 Å². The van der Waals surface area contributed by atoms with E-state index < -0.39 is 46.7 Å². The highest BCUT2D eigenvalue weighted by molar-refractivity contribution is 7.90. The molecule has 0 aliphatic rings. The molecule has 0 aromatic heterocycles. The molecule has 0 rings (SSSR count). The maximum absolute atomic E-state index is 11.3. The lowest BCUT2D eigenvalue weighted by molar-refractivity contribution is -0.140. The summed E-state index contributed by atoms with van der Waals surface area (Å²) < 4.78 is 28.8. The van der Waals surface area contributed by atoms with Crippen LogP contribution in [0.25, 0.3) is 0 Å². The first-order valence-electron chi connectivity index (χ1n) is 4.88. The summed E-state index contributed by atoms with van der Waals surface area (Å²) in [5.41, 5.74) is 0. The first kappa shape index (κ1) is 16.3. The molecule has 3 N–H and O–H groups in total. The van der Waals surface area contributed by atoms with Crippen molar-refractivity contribution in [1.29, 1.82) is 0 Å². The van der Waals surface area contributed by atoms with Crippen LogP contribution in [-0.4, -0.2) is 56.8 Å². The molecular weight excluding hydrogens is 268 g/mol. The first-order valence-corrected chi connectivity index (χ1v) is 6.53. The van der Waals surface area contributed by atoms with Crippen molar-refractivity contribution < 1.29 is 32.6 Å². The Hall–Kier alpha value is -1.68. The van der Waals surface area contributed by atoms with E-state index in [2.05, 4.69) is 4.74 Å². The van der Waals surface area contributed by atoms with Gasteiger partial charge in [-0.2, -0.15) is 0 Å². The molecule has 0 unspecified atom stereocenters. The number of ether oxygens (including phenoxy) is 1. The summed E-state index contributed by atoms with van der Waals surface area (Å²) in [7, 11) is -3.97. The minimum atomic E-state index is -3.97. The fourth-order valence-corrected chi connectivity index (χ4v) is 1.67. The fourth-order valence-electron chi connectivity index (χ4n) is 0.821. The van der Waals surface area contributed by atoms with Crippen LogP contribution in [-0.2, 0) is 29.1 Å². The number of carbonyl (C=O) groups is 3. The second-order valence-corrected chi connectivity index (χ2v) is 4.86. The van der Waals surface area contributed by atoms with Gasteiger partial charge >= 0.3 is 11.9 Å². The highest BCUT2D eigenvalue weighted by atomic mass is 32.2. The van der Waals surface area contributed by atoms with Crippen molar-refractivity contribution in [3.8, 4) is 0 Å². The quantitative estimate of drug-likeness (QED) is 0.424. The van der Waals surface area contributed by atoms with Gasteiger partial charge in [0.05, 0.1) is 13.2 Å². The van der Waals surface area contributed by atoms with Crippen molar-refractivity contribution >= 4 is 27.9 Å².